The van der Waals surface area contributed by atoms with Crippen LogP contribution in [0, 0.1) is 0 Å². The second-order valence-corrected chi connectivity index (χ2v) is 6.50. The van der Waals surface area contributed by atoms with Crippen molar-refractivity contribution in [2.24, 2.45) is 12.1 Å². The minimum Gasteiger partial charge on any atom is -0.318 e. The van der Waals surface area contributed by atoms with Crippen molar-refractivity contribution < 1.29 is 4.79 Å². The second kappa shape index (κ2) is 6.12. The quantitative estimate of drug-likeness (QED) is 0.701. The number of aromatic nitrogens is 1. The van der Waals surface area contributed by atoms with Crippen LogP contribution in [0.5, 0.6) is 0 Å². The van der Waals surface area contributed by atoms with Crippen molar-refractivity contribution in [1.29, 1.82) is 0 Å². The van der Waals surface area contributed by atoms with Crippen molar-refractivity contribution in [3.63, 3.8) is 0 Å². The van der Waals surface area contributed by atoms with E-state index in [1.165, 1.54) is 11.3 Å². The van der Waals surface area contributed by atoms with Gasteiger partial charge in [0.05, 0.1) is 10.2 Å². The first-order chi connectivity index (χ1) is 10.5. The molecule has 0 aliphatic rings. The summed E-state index contributed by atoms with van der Waals surface area (Å²) in [7, 11) is 1.90. The number of hydrogen-bond donors (Lipinski definition) is 1. The molecule has 4 nitrogen and oxygen atoms in total. The van der Waals surface area contributed by atoms with Crippen LogP contribution >= 0.6 is 34.5 Å². The fourth-order valence-electron chi connectivity index (χ4n) is 2.04. The molecule has 3 aromatic rings. The molecule has 0 unspecified atom stereocenters. The van der Waals surface area contributed by atoms with Crippen LogP contribution in [0.15, 0.2) is 47.6 Å². The van der Waals surface area contributed by atoms with Crippen molar-refractivity contribution in [1.82, 2.24) is 9.99 Å². The van der Waals surface area contributed by atoms with Gasteiger partial charge >= 0.3 is 0 Å². The summed E-state index contributed by atoms with van der Waals surface area (Å²) in [6.45, 7) is 0. The van der Waals surface area contributed by atoms with Crippen LogP contribution < -0.4 is 10.2 Å². The van der Waals surface area contributed by atoms with E-state index in [-0.39, 0.29) is 5.91 Å². The molecule has 1 heterocycles. The van der Waals surface area contributed by atoms with Gasteiger partial charge in [0.25, 0.3) is 5.91 Å². The van der Waals surface area contributed by atoms with Gasteiger partial charge in [0.1, 0.15) is 0 Å². The Hall–Kier alpha value is -1.82. The molecule has 112 valence electrons. The SMILES string of the molecule is Cn1/c(=N/NC(=O)c2cc(Cl)cc(Cl)c2)sc2ccccc21. The average Bonchev–Trinajstić information content (AvgIpc) is 2.81. The Morgan fingerprint density at radius 3 is 2.55 bits per heavy atom. The number of carbonyl (C=O) groups excluding carboxylic acids is 1. The lowest BCUT2D eigenvalue weighted by Crippen LogP contribution is -2.23. The number of nitrogens with one attached hydrogen (secondary N) is 1. The third-order valence-corrected chi connectivity index (χ3v) is 4.64. The van der Waals surface area contributed by atoms with Gasteiger partial charge in [0, 0.05) is 22.7 Å². The molecule has 22 heavy (non-hydrogen) atoms. The molecule has 1 aromatic heterocycles. The second-order valence-electron chi connectivity index (χ2n) is 4.62. The molecule has 0 saturated heterocycles. The maximum absolute atomic E-state index is 12.1. The Bertz CT molecular complexity index is 910. The molecule has 1 amide bonds. The number of para-hydroxylation sites is 1. The Balaban J connectivity index is 1.92. The van der Waals surface area contributed by atoms with E-state index in [4.69, 9.17) is 23.2 Å². The maximum atomic E-state index is 12.1. The zero-order valence-electron chi connectivity index (χ0n) is 11.5. The number of benzene rings is 2. The Morgan fingerprint density at radius 1 is 1.18 bits per heavy atom. The van der Waals surface area contributed by atoms with Gasteiger partial charge in [-0.3, -0.25) is 4.79 Å². The molecule has 0 spiro atoms. The molecule has 0 fully saturated rings. The molecular weight excluding hydrogens is 341 g/mol. The molecule has 0 bridgehead atoms. The highest BCUT2D eigenvalue weighted by atomic mass is 35.5. The summed E-state index contributed by atoms with van der Waals surface area (Å²) in [4.78, 5) is 12.8. The monoisotopic (exact) mass is 351 g/mol. The number of carbonyl (C=O) groups is 1. The fraction of sp³-hybridized carbons (Fsp3) is 0.0667. The van der Waals surface area contributed by atoms with Crippen molar-refractivity contribution >= 4 is 50.7 Å². The molecule has 0 saturated carbocycles. The lowest BCUT2D eigenvalue weighted by molar-refractivity contribution is 0.0953. The van der Waals surface area contributed by atoms with E-state index in [9.17, 15) is 4.79 Å². The number of nitrogens with zero attached hydrogens (tertiary/aromatic N) is 2. The topological polar surface area (TPSA) is 46.4 Å². The van der Waals surface area contributed by atoms with E-state index in [0.29, 0.717) is 20.4 Å². The van der Waals surface area contributed by atoms with Crippen LogP contribution in [0.1, 0.15) is 10.4 Å². The first-order valence-corrected chi connectivity index (χ1v) is 7.96. The Morgan fingerprint density at radius 2 is 1.86 bits per heavy atom. The van der Waals surface area contributed by atoms with Crippen LogP contribution in [0.25, 0.3) is 10.2 Å². The molecular formula is C15H11Cl2N3OS. The minimum absolute atomic E-state index is 0.359. The molecule has 3 rings (SSSR count). The molecule has 7 heteroatoms. The lowest BCUT2D eigenvalue weighted by atomic mass is 10.2. The largest absolute Gasteiger partial charge is 0.318 e. The van der Waals surface area contributed by atoms with Crippen molar-refractivity contribution in [2.75, 3.05) is 0 Å². The van der Waals surface area contributed by atoms with Gasteiger partial charge < -0.3 is 4.57 Å². The number of halogens is 2. The number of aryl methyl sites for hydroxylation is 1. The Labute approximate surface area is 140 Å². The smallest absolute Gasteiger partial charge is 0.271 e. The number of hydrogen-bond acceptors (Lipinski definition) is 3. The average molecular weight is 352 g/mol. The van der Waals surface area contributed by atoms with Crippen LogP contribution in [0.4, 0.5) is 0 Å². The number of fused-ring (bicyclic) bond motifs is 1. The van der Waals surface area contributed by atoms with Gasteiger partial charge in [-0.1, -0.05) is 46.7 Å². The fourth-order valence-corrected chi connectivity index (χ4v) is 3.54. The van der Waals surface area contributed by atoms with Crippen molar-refractivity contribution in [3.8, 4) is 0 Å². The summed E-state index contributed by atoms with van der Waals surface area (Å²) < 4.78 is 3.02. The summed E-state index contributed by atoms with van der Waals surface area (Å²) in [6.07, 6.45) is 0. The van der Waals surface area contributed by atoms with Gasteiger partial charge in [-0.2, -0.15) is 0 Å². The van der Waals surface area contributed by atoms with Gasteiger partial charge in [-0.25, -0.2) is 5.43 Å². The van der Waals surface area contributed by atoms with Crippen LogP contribution in [0.2, 0.25) is 10.0 Å². The summed E-state index contributed by atoms with van der Waals surface area (Å²) in [6, 6.07) is 12.6. The third kappa shape index (κ3) is 3.02. The maximum Gasteiger partial charge on any atom is 0.271 e. The molecule has 2 aromatic carbocycles. The van der Waals surface area contributed by atoms with Crippen LogP contribution in [-0.4, -0.2) is 10.5 Å². The minimum atomic E-state index is -0.359. The first kappa shape index (κ1) is 15.1. The summed E-state index contributed by atoms with van der Waals surface area (Å²) in [5.41, 5.74) is 3.96. The Kier molecular flexibility index (Phi) is 4.20. The predicted octanol–water partition coefficient (Wildman–Crippen LogP) is 3.79. The lowest BCUT2D eigenvalue weighted by Gasteiger charge is -2.01. The molecule has 1 N–H and O–H groups in total. The van der Waals surface area contributed by atoms with Gasteiger partial charge in [-0.05, 0) is 30.3 Å². The van der Waals surface area contributed by atoms with E-state index in [0.717, 1.165) is 10.2 Å². The number of thiazole rings is 1. The van der Waals surface area contributed by atoms with Crippen molar-refractivity contribution in [3.05, 3.63) is 62.9 Å². The molecule has 0 aliphatic carbocycles. The highest BCUT2D eigenvalue weighted by Crippen LogP contribution is 2.19. The van der Waals surface area contributed by atoms with Crippen LogP contribution in [-0.2, 0) is 7.05 Å². The normalized spacial score (nSPS) is 11.9. The van der Waals surface area contributed by atoms with Gasteiger partial charge in [-0.15, -0.1) is 5.10 Å². The van der Waals surface area contributed by atoms with E-state index in [2.05, 4.69) is 10.5 Å². The predicted molar refractivity (Wildman–Crippen MR) is 90.3 cm³/mol. The van der Waals surface area contributed by atoms with E-state index in [1.807, 2.05) is 35.9 Å². The molecule has 0 atom stereocenters. The van der Waals surface area contributed by atoms with Gasteiger partial charge in [0.2, 0.25) is 4.80 Å². The van der Waals surface area contributed by atoms with Gasteiger partial charge in [0.15, 0.2) is 0 Å². The zero-order valence-corrected chi connectivity index (χ0v) is 13.8. The summed E-state index contributed by atoms with van der Waals surface area (Å²) >= 11 is 13.3. The summed E-state index contributed by atoms with van der Waals surface area (Å²) in [5.74, 6) is -0.359. The summed E-state index contributed by atoms with van der Waals surface area (Å²) in [5, 5.41) is 4.99. The van der Waals surface area contributed by atoms with E-state index < -0.39 is 0 Å². The number of amides is 1. The van der Waals surface area contributed by atoms with E-state index in [1.54, 1.807) is 18.2 Å². The highest BCUT2D eigenvalue weighted by Gasteiger charge is 2.08. The third-order valence-electron chi connectivity index (χ3n) is 3.09. The standard InChI is InChI=1S/C15H11Cl2N3OS/c1-20-12-4-2-3-5-13(12)22-15(20)19-18-14(21)9-6-10(16)8-11(17)7-9/h2-8H,1H3,(H,18,21)/b19-15-. The zero-order chi connectivity index (χ0) is 15.7. The van der Waals surface area contributed by atoms with Crippen LogP contribution in [0.3, 0.4) is 0 Å². The highest BCUT2D eigenvalue weighted by molar-refractivity contribution is 7.16. The molecule has 0 radical (unpaired) electrons. The first-order valence-electron chi connectivity index (χ1n) is 6.39. The number of rotatable bonds is 2. The van der Waals surface area contributed by atoms with E-state index >= 15 is 0 Å². The molecule has 0 aliphatic heterocycles. The van der Waals surface area contributed by atoms with Crippen molar-refractivity contribution in [2.45, 2.75) is 0 Å².